The Morgan fingerprint density at radius 3 is 1.13 bits per heavy atom. The lowest BCUT2D eigenvalue weighted by Gasteiger charge is -2.22. The highest BCUT2D eigenvalue weighted by Gasteiger charge is 2.38. The summed E-state index contributed by atoms with van der Waals surface area (Å²) in [5.74, 6) is 1.68. The summed E-state index contributed by atoms with van der Waals surface area (Å²) < 4.78 is 18.5. The predicted molar refractivity (Wildman–Crippen MR) is 228 cm³/mol. The normalized spacial score (nSPS) is 14.7. The molecule has 1 heterocycles. The van der Waals surface area contributed by atoms with Crippen molar-refractivity contribution in [3.8, 4) is 56.0 Å². The van der Waals surface area contributed by atoms with E-state index in [1.807, 2.05) is 0 Å². The molecule has 0 N–H and O–H groups in total. The fourth-order valence-electron chi connectivity index (χ4n) is 9.92. The smallest absolute Gasteiger partial charge is 0.143 e. The van der Waals surface area contributed by atoms with Crippen LogP contribution in [0, 0.1) is 0 Å². The van der Waals surface area contributed by atoms with Crippen molar-refractivity contribution in [2.24, 2.45) is 0 Å². The van der Waals surface area contributed by atoms with E-state index < -0.39 is 0 Å². The first-order valence-corrected chi connectivity index (χ1v) is 19.1. The topological polar surface area (TPSA) is 31.6 Å². The summed E-state index contributed by atoms with van der Waals surface area (Å²) in [7, 11) is 3.44. The van der Waals surface area contributed by atoms with Crippen LogP contribution in [-0.4, -0.2) is 14.2 Å². The lowest BCUT2D eigenvalue weighted by Crippen LogP contribution is -2.14. The molecule has 0 saturated heterocycles. The molecule has 3 nitrogen and oxygen atoms in total. The number of hydrogen-bond donors (Lipinski definition) is 0. The molecule has 2 aliphatic rings. The first-order valence-electron chi connectivity index (χ1n) is 19.1. The van der Waals surface area contributed by atoms with Gasteiger partial charge in [-0.3, -0.25) is 0 Å². The molecule has 11 rings (SSSR count). The monoisotopic (exact) mass is 712 g/mol. The maximum Gasteiger partial charge on any atom is 0.143 e. The summed E-state index contributed by atoms with van der Waals surface area (Å²) in [5.41, 5.74) is 16.8. The zero-order valence-corrected chi connectivity index (χ0v) is 31.9. The van der Waals surface area contributed by atoms with Gasteiger partial charge in [0.15, 0.2) is 0 Å². The van der Waals surface area contributed by atoms with Crippen molar-refractivity contribution in [3.05, 3.63) is 156 Å². The molecule has 0 bridgehead atoms. The maximum absolute atomic E-state index is 7.30. The van der Waals surface area contributed by atoms with Gasteiger partial charge in [0.2, 0.25) is 0 Å². The average molecular weight is 713 g/mol. The molecule has 1 aromatic heterocycles. The zero-order chi connectivity index (χ0) is 37.4. The molecule has 3 heteroatoms. The van der Waals surface area contributed by atoms with E-state index >= 15 is 0 Å². The van der Waals surface area contributed by atoms with Crippen LogP contribution in [-0.2, 0) is 10.8 Å². The first kappa shape index (κ1) is 32.1. The van der Waals surface area contributed by atoms with Crippen molar-refractivity contribution in [2.75, 3.05) is 14.2 Å². The minimum Gasteiger partial charge on any atom is -0.497 e. The van der Waals surface area contributed by atoms with Crippen LogP contribution in [0.25, 0.3) is 88.0 Å². The van der Waals surface area contributed by atoms with Gasteiger partial charge in [0.05, 0.1) is 14.2 Å². The second-order valence-corrected chi connectivity index (χ2v) is 16.4. The molecule has 2 aliphatic carbocycles. The summed E-state index contributed by atoms with van der Waals surface area (Å²) in [5, 5.41) is 6.85. The van der Waals surface area contributed by atoms with Crippen molar-refractivity contribution < 1.29 is 13.9 Å². The van der Waals surface area contributed by atoms with Crippen molar-refractivity contribution >= 4 is 43.5 Å². The Morgan fingerprint density at radius 2 is 0.727 bits per heavy atom. The largest absolute Gasteiger partial charge is 0.497 e. The molecule has 0 amide bonds. The second kappa shape index (κ2) is 11.1. The molecule has 0 radical (unpaired) electrons. The Morgan fingerprint density at radius 1 is 0.364 bits per heavy atom. The molecule has 0 unspecified atom stereocenters. The van der Waals surface area contributed by atoms with Crippen molar-refractivity contribution in [3.63, 3.8) is 0 Å². The average Bonchev–Trinajstić information content (AvgIpc) is 3.78. The maximum atomic E-state index is 7.30. The third-order valence-electron chi connectivity index (χ3n) is 12.9. The minimum atomic E-state index is -0.149. The molecule has 266 valence electrons. The number of rotatable bonds is 4. The highest BCUT2D eigenvalue weighted by atomic mass is 16.5. The third-order valence-corrected chi connectivity index (χ3v) is 12.9. The molecular weight excluding hydrogens is 673 g/mol. The van der Waals surface area contributed by atoms with Gasteiger partial charge in [-0.05, 0) is 138 Å². The summed E-state index contributed by atoms with van der Waals surface area (Å²) >= 11 is 0. The van der Waals surface area contributed by atoms with Crippen molar-refractivity contribution in [2.45, 2.75) is 38.5 Å². The first-order chi connectivity index (χ1) is 26.7. The highest BCUT2D eigenvalue weighted by molar-refractivity contribution is 6.26. The van der Waals surface area contributed by atoms with E-state index in [-0.39, 0.29) is 10.8 Å². The summed E-state index contributed by atoms with van der Waals surface area (Å²) in [6.07, 6.45) is 0. The lowest BCUT2D eigenvalue weighted by molar-refractivity contribution is 0.415. The van der Waals surface area contributed by atoms with Crippen LogP contribution >= 0.6 is 0 Å². The Kier molecular flexibility index (Phi) is 6.50. The standard InChI is InChI=1S/C52H40O3/c1-51(2)45-13-9-7-11-33(45)39-25-37-35(29-15-19-31(53-5)20-16-29)23-41-42-24-36(30-17-21-32(54-6)22-18-30)38-26-40-34-12-8-10-14-46(34)52(3,4)48(40)28-44(38)50(42)55-49(41)43(37)27-47(39)51/h7-28H,1-6H3. The lowest BCUT2D eigenvalue weighted by atomic mass is 9.81. The zero-order valence-electron chi connectivity index (χ0n) is 31.9. The van der Waals surface area contributed by atoms with Gasteiger partial charge in [-0.1, -0.05) is 100 Å². The Balaban J connectivity index is 1.29. The van der Waals surface area contributed by atoms with Gasteiger partial charge in [0, 0.05) is 32.4 Å². The van der Waals surface area contributed by atoms with Crippen molar-refractivity contribution in [1.29, 1.82) is 0 Å². The number of benzene rings is 8. The van der Waals surface area contributed by atoms with Gasteiger partial charge >= 0.3 is 0 Å². The molecule has 55 heavy (non-hydrogen) atoms. The molecular formula is C52H40O3. The molecule has 0 saturated carbocycles. The number of hydrogen-bond acceptors (Lipinski definition) is 3. The SMILES string of the molecule is COc1ccc(-c2cc3c4cc(-c5ccc(OC)cc5)c5cc6c(cc5c4oc3c3cc4c(cc23)-c2ccccc2C4(C)C)C(C)(C)c2ccccc2-6)cc1. The molecule has 0 aliphatic heterocycles. The van der Waals surface area contributed by atoms with Gasteiger partial charge < -0.3 is 13.9 Å². The van der Waals surface area contributed by atoms with E-state index in [1.54, 1.807) is 14.2 Å². The number of fused-ring (bicyclic) bond motifs is 13. The molecule has 0 atom stereocenters. The van der Waals surface area contributed by atoms with E-state index in [0.717, 1.165) is 55.3 Å². The number of ether oxygens (including phenoxy) is 2. The van der Waals surface area contributed by atoms with E-state index in [1.165, 1.54) is 66.4 Å². The fraction of sp³-hybridized carbons (Fsp3) is 0.154. The van der Waals surface area contributed by atoms with Crippen LogP contribution in [0.1, 0.15) is 49.9 Å². The van der Waals surface area contributed by atoms with Crippen LogP contribution < -0.4 is 9.47 Å². The van der Waals surface area contributed by atoms with Crippen molar-refractivity contribution in [1.82, 2.24) is 0 Å². The summed E-state index contributed by atoms with van der Waals surface area (Å²) in [4.78, 5) is 0. The van der Waals surface area contributed by atoms with Crippen LogP contribution in [0.2, 0.25) is 0 Å². The van der Waals surface area contributed by atoms with Crippen LogP contribution in [0.5, 0.6) is 11.5 Å². The predicted octanol–water partition coefficient (Wildman–Crippen LogP) is 13.9. The van der Waals surface area contributed by atoms with Crippen LogP contribution in [0.3, 0.4) is 0 Å². The van der Waals surface area contributed by atoms with E-state index in [0.29, 0.717) is 0 Å². The van der Waals surface area contributed by atoms with Crippen LogP contribution in [0.4, 0.5) is 0 Å². The Bertz CT molecular complexity index is 2880. The van der Waals surface area contributed by atoms with Gasteiger partial charge in [0.1, 0.15) is 22.7 Å². The fourth-order valence-corrected chi connectivity index (χ4v) is 9.92. The number of methoxy groups -OCH3 is 2. The third kappa shape index (κ3) is 4.32. The minimum absolute atomic E-state index is 0.149. The van der Waals surface area contributed by atoms with Gasteiger partial charge in [-0.15, -0.1) is 0 Å². The van der Waals surface area contributed by atoms with E-state index in [4.69, 9.17) is 13.9 Å². The van der Waals surface area contributed by atoms with Gasteiger partial charge in [-0.25, -0.2) is 0 Å². The summed E-state index contributed by atoms with van der Waals surface area (Å²) in [6.45, 7) is 9.40. The molecule has 0 fully saturated rings. The van der Waals surface area contributed by atoms with Crippen LogP contribution in [0.15, 0.2) is 138 Å². The molecule has 0 spiro atoms. The second-order valence-electron chi connectivity index (χ2n) is 16.4. The van der Waals surface area contributed by atoms with Gasteiger partial charge in [-0.2, -0.15) is 0 Å². The van der Waals surface area contributed by atoms with Gasteiger partial charge in [0.25, 0.3) is 0 Å². The molecule has 9 aromatic rings. The van der Waals surface area contributed by atoms with E-state index in [9.17, 15) is 0 Å². The Labute approximate surface area is 320 Å². The Hall–Kier alpha value is -6.32. The van der Waals surface area contributed by atoms with E-state index in [2.05, 4.69) is 161 Å². The highest BCUT2D eigenvalue weighted by Crippen LogP contribution is 2.55. The number of furan rings is 1. The quantitative estimate of drug-likeness (QED) is 0.182. The summed E-state index contributed by atoms with van der Waals surface area (Å²) in [6, 6.07) is 49.1. The molecule has 8 aromatic carbocycles.